The van der Waals surface area contributed by atoms with E-state index in [9.17, 15) is 24.3 Å². The molecule has 6 rings (SSSR count). The summed E-state index contributed by atoms with van der Waals surface area (Å²) in [6.45, 7) is 0.278. The number of hydrogen-bond donors (Lipinski definition) is 1. The van der Waals surface area contributed by atoms with Crippen LogP contribution in [0.2, 0.25) is 0 Å². The van der Waals surface area contributed by atoms with E-state index in [0.717, 1.165) is 15.4 Å². The maximum atomic E-state index is 13.8. The van der Waals surface area contributed by atoms with Gasteiger partial charge >= 0.3 is 0 Å². The molecule has 2 heterocycles. The summed E-state index contributed by atoms with van der Waals surface area (Å²) in [5.74, 6) is -4.80. The largest absolute Gasteiger partial charge is 0.508 e. The molecule has 1 N–H and O–H groups in total. The highest BCUT2D eigenvalue weighted by atomic mass is 79.9. The molecule has 0 aromatic heterocycles. The van der Waals surface area contributed by atoms with Crippen LogP contribution in [0, 0.1) is 17.8 Å². The molecule has 2 aromatic rings. The minimum absolute atomic E-state index is 0.0957. The van der Waals surface area contributed by atoms with Gasteiger partial charge in [0.05, 0.1) is 17.3 Å². The van der Waals surface area contributed by atoms with Crippen LogP contribution in [0.5, 0.6) is 11.5 Å². The SMILES string of the molecule is CN1C(=O)[C@H]2[C@H](CC=C3[C@H]2C[C@@]2(Cl)C(=O)N(CBr)C(=O)[C@@]2(Cl)[C@H]3c2ccc(OCc3ccccc3)cc2O)C1=O. The third-order valence-electron chi connectivity index (χ3n) is 8.80. The van der Waals surface area contributed by atoms with Gasteiger partial charge in [-0.05, 0) is 30.4 Å². The fraction of sp³-hybridized carbons (Fsp3) is 0.379. The molecule has 6 atom stereocenters. The molecule has 0 unspecified atom stereocenters. The van der Waals surface area contributed by atoms with Crippen molar-refractivity contribution in [2.45, 2.75) is 35.1 Å². The Morgan fingerprint density at radius 1 is 1.02 bits per heavy atom. The number of alkyl halides is 3. The number of phenols is 1. The van der Waals surface area contributed by atoms with Crippen LogP contribution in [0.3, 0.4) is 0 Å². The number of benzene rings is 2. The van der Waals surface area contributed by atoms with Crippen molar-refractivity contribution in [3.05, 3.63) is 71.3 Å². The van der Waals surface area contributed by atoms with E-state index in [2.05, 4.69) is 15.9 Å². The predicted octanol–water partition coefficient (Wildman–Crippen LogP) is 4.31. The van der Waals surface area contributed by atoms with Gasteiger partial charge in [0, 0.05) is 24.6 Å². The van der Waals surface area contributed by atoms with E-state index in [-0.39, 0.29) is 48.0 Å². The fourth-order valence-electron chi connectivity index (χ4n) is 6.85. The normalized spacial score (nSPS) is 33.0. The van der Waals surface area contributed by atoms with Crippen molar-refractivity contribution >= 4 is 62.8 Å². The highest BCUT2D eigenvalue weighted by molar-refractivity contribution is 9.09. The van der Waals surface area contributed by atoms with Crippen molar-refractivity contribution in [2.75, 3.05) is 12.5 Å². The number of carbonyl (C=O) groups is 4. The molecule has 0 bridgehead atoms. The van der Waals surface area contributed by atoms with E-state index in [1.165, 1.54) is 13.1 Å². The highest BCUT2D eigenvalue weighted by Crippen LogP contribution is 2.66. The Bertz CT molecular complexity index is 1480. The summed E-state index contributed by atoms with van der Waals surface area (Å²) in [6.07, 6.45) is 2.00. The number of allylic oxidation sites excluding steroid dienone is 2. The van der Waals surface area contributed by atoms with Crippen molar-refractivity contribution in [1.29, 1.82) is 0 Å². The van der Waals surface area contributed by atoms with Crippen LogP contribution in [-0.2, 0) is 25.8 Å². The zero-order valence-corrected chi connectivity index (χ0v) is 24.4. The lowest BCUT2D eigenvalue weighted by Crippen LogP contribution is -2.60. The van der Waals surface area contributed by atoms with Crippen molar-refractivity contribution in [2.24, 2.45) is 17.8 Å². The smallest absolute Gasteiger partial charge is 0.254 e. The summed E-state index contributed by atoms with van der Waals surface area (Å²) in [6, 6.07) is 14.2. The van der Waals surface area contributed by atoms with Gasteiger partial charge in [-0.2, -0.15) is 0 Å². The number of phenolic OH excluding ortho intramolecular Hbond substituents is 1. The molecule has 0 radical (unpaired) electrons. The quantitative estimate of drug-likeness (QED) is 0.225. The van der Waals surface area contributed by atoms with Crippen LogP contribution in [0.1, 0.15) is 29.9 Å². The molecule has 4 aliphatic rings. The Kier molecular flexibility index (Phi) is 6.55. The van der Waals surface area contributed by atoms with E-state index >= 15 is 0 Å². The third-order valence-corrected chi connectivity index (χ3v) is 10.7. The number of likely N-dealkylation sites (tertiary alicyclic amines) is 2. The molecule has 8 nitrogen and oxygen atoms in total. The first kappa shape index (κ1) is 27.3. The molecule has 2 aliphatic heterocycles. The summed E-state index contributed by atoms with van der Waals surface area (Å²) in [5, 5.41) is 11.3. The maximum Gasteiger partial charge on any atom is 0.254 e. The van der Waals surface area contributed by atoms with Crippen LogP contribution in [0.25, 0.3) is 0 Å². The Balaban J connectivity index is 1.46. The number of nitrogens with zero attached hydrogens (tertiary/aromatic N) is 2. The number of ether oxygens (including phenoxy) is 1. The van der Waals surface area contributed by atoms with Gasteiger partial charge in [0.2, 0.25) is 11.8 Å². The second-order valence-corrected chi connectivity index (χ2v) is 12.5. The number of halogens is 3. The zero-order valence-electron chi connectivity index (χ0n) is 21.4. The third kappa shape index (κ3) is 3.63. The zero-order chi connectivity index (χ0) is 28.6. The highest BCUT2D eigenvalue weighted by Gasteiger charge is 2.76. The van der Waals surface area contributed by atoms with E-state index in [1.54, 1.807) is 12.1 Å². The van der Waals surface area contributed by atoms with Crippen LogP contribution in [-0.4, -0.2) is 60.8 Å². The average Bonchev–Trinajstić information content (AvgIpc) is 3.25. The topological polar surface area (TPSA) is 104 Å². The minimum atomic E-state index is -1.98. The summed E-state index contributed by atoms with van der Waals surface area (Å²) in [7, 11) is 1.45. The molecule has 2 aromatic carbocycles. The van der Waals surface area contributed by atoms with Gasteiger partial charge in [-0.25, -0.2) is 0 Å². The molecule has 4 amide bonds. The van der Waals surface area contributed by atoms with Gasteiger partial charge < -0.3 is 9.84 Å². The molecule has 0 spiro atoms. The first-order valence-electron chi connectivity index (χ1n) is 12.9. The Morgan fingerprint density at radius 3 is 2.42 bits per heavy atom. The lowest BCUT2D eigenvalue weighted by Gasteiger charge is -2.50. The summed E-state index contributed by atoms with van der Waals surface area (Å²) in [4.78, 5) is 51.7. The van der Waals surface area contributed by atoms with Crippen molar-refractivity contribution in [3.8, 4) is 11.5 Å². The monoisotopic (exact) mass is 646 g/mol. The Morgan fingerprint density at radius 2 is 1.75 bits per heavy atom. The summed E-state index contributed by atoms with van der Waals surface area (Å²) < 4.78 is 5.86. The second kappa shape index (κ2) is 9.60. The van der Waals surface area contributed by atoms with Crippen LogP contribution >= 0.6 is 39.1 Å². The molecule has 2 aliphatic carbocycles. The van der Waals surface area contributed by atoms with Gasteiger partial charge in [-0.1, -0.05) is 64.0 Å². The maximum absolute atomic E-state index is 13.8. The van der Waals surface area contributed by atoms with Gasteiger partial charge in [-0.3, -0.25) is 29.0 Å². The molecular weight excluding hydrogens is 623 g/mol. The number of imide groups is 2. The van der Waals surface area contributed by atoms with E-state index in [0.29, 0.717) is 11.3 Å². The molecule has 40 heavy (non-hydrogen) atoms. The van der Waals surface area contributed by atoms with Gasteiger partial charge in [0.1, 0.15) is 18.1 Å². The number of carbonyl (C=O) groups excluding carboxylic acids is 4. The molecule has 2 saturated heterocycles. The van der Waals surface area contributed by atoms with Crippen molar-refractivity contribution < 1.29 is 29.0 Å². The molecular formula is C29H25BrCl2N2O6. The van der Waals surface area contributed by atoms with Gasteiger partial charge in [0.25, 0.3) is 11.8 Å². The van der Waals surface area contributed by atoms with Crippen LogP contribution in [0.15, 0.2) is 60.2 Å². The second-order valence-electron chi connectivity index (χ2n) is 10.7. The first-order valence-corrected chi connectivity index (χ1v) is 14.7. The van der Waals surface area contributed by atoms with E-state index in [4.69, 9.17) is 27.9 Å². The Hall–Kier alpha value is -2.88. The molecule has 11 heteroatoms. The standard InChI is InChI=1S/C29H25BrCl2N2O6/c1-33-24(36)19-10-9-17-20(22(19)25(33)37)12-28(31)26(38)34(14-30)27(39)29(28,32)23(17)18-8-7-16(11-21(18)35)40-13-15-5-3-2-4-6-15/h2-9,11,19-20,22-23,35H,10,12-14H2,1H3/t19-,20+,22-,23+,28+,29-/m0/s1. The average molecular weight is 648 g/mol. The molecule has 1 saturated carbocycles. The summed E-state index contributed by atoms with van der Waals surface area (Å²) in [5.41, 5.74) is 1.73. The van der Waals surface area contributed by atoms with Gasteiger partial charge in [-0.15, -0.1) is 23.2 Å². The number of aromatic hydroxyl groups is 1. The van der Waals surface area contributed by atoms with Crippen molar-refractivity contribution in [1.82, 2.24) is 9.80 Å². The number of hydrogen-bond acceptors (Lipinski definition) is 6. The Labute approximate surface area is 249 Å². The number of rotatable bonds is 5. The lowest BCUT2D eigenvalue weighted by molar-refractivity contribution is -0.140. The van der Waals surface area contributed by atoms with Crippen molar-refractivity contribution in [3.63, 3.8) is 0 Å². The van der Waals surface area contributed by atoms with Crippen LogP contribution < -0.4 is 4.74 Å². The van der Waals surface area contributed by atoms with E-state index < -0.39 is 45.2 Å². The lowest BCUT2D eigenvalue weighted by atomic mass is 9.56. The summed E-state index contributed by atoms with van der Waals surface area (Å²) >= 11 is 17.5. The van der Waals surface area contributed by atoms with Crippen LogP contribution in [0.4, 0.5) is 0 Å². The van der Waals surface area contributed by atoms with E-state index in [1.807, 2.05) is 36.4 Å². The first-order chi connectivity index (χ1) is 19.0. The number of amides is 4. The minimum Gasteiger partial charge on any atom is -0.508 e. The molecule has 208 valence electrons. The number of fused-ring (bicyclic) bond motifs is 4. The molecule has 3 fully saturated rings. The fourth-order valence-corrected chi connectivity index (χ4v) is 8.27. The van der Waals surface area contributed by atoms with Gasteiger partial charge in [0.15, 0.2) is 9.75 Å². The predicted molar refractivity (Wildman–Crippen MR) is 150 cm³/mol.